The normalized spacial score (nSPS) is 11.6. The number of imidazole rings is 1. The number of halogens is 1. The van der Waals surface area contributed by atoms with Crippen LogP contribution in [0.15, 0.2) is 53.3 Å². The fourth-order valence-corrected chi connectivity index (χ4v) is 3.89. The Balaban J connectivity index is 1.84. The first-order chi connectivity index (χ1) is 14.1. The number of rotatable bonds is 7. The minimum atomic E-state index is -0.332. The van der Waals surface area contributed by atoms with Gasteiger partial charge in [0.1, 0.15) is 5.82 Å². The van der Waals surface area contributed by atoms with Crippen LogP contribution in [0.5, 0.6) is 0 Å². The maximum Gasteiger partial charge on any atom is 0.251 e. The molecule has 0 aliphatic heterocycles. The van der Waals surface area contributed by atoms with Crippen LogP contribution in [0.1, 0.15) is 29.8 Å². The standard InChI is InChI=1S/C23H25FN4O/c1-16-12-23(29)28(20-7-3-2-6-18(16)20)15-22-26-19-13-17(14-25)8-9-21(19)27(22)11-5-4-10-24/h2-3,6-9,12-13H,4-5,10-11,14-15,25H2,1H3. The molecule has 0 radical (unpaired) electrons. The van der Waals surface area contributed by atoms with E-state index in [0.717, 1.165) is 45.3 Å². The molecule has 0 saturated heterocycles. The summed E-state index contributed by atoms with van der Waals surface area (Å²) in [4.78, 5) is 17.6. The van der Waals surface area contributed by atoms with Crippen molar-refractivity contribution in [3.63, 3.8) is 0 Å². The van der Waals surface area contributed by atoms with Crippen LogP contribution in [0.25, 0.3) is 21.9 Å². The van der Waals surface area contributed by atoms with Crippen molar-refractivity contribution in [2.24, 2.45) is 5.73 Å². The van der Waals surface area contributed by atoms with Crippen LogP contribution in [0.4, 0.5) is 4.39 Å². The lowest BCUT2D eigenvalue weighted by molar-refractivity contribution is 0.446. The molecule has 0 atom stereocenters. The average Bonchev–Trinajstić information content (AvgIpc) is 3.07. The van der Waals surface area contributed by atoms with Gasteiger partial charge in [-0.2, -0.15) is 0 Å². The lowest BCUT2D eigenvalue weighted by Gasteiger charge is -2.13. The zero-order valence-electron chi connectivity index (χ0n) is 16.6. The van der Waals surface area contributed by atoms with Crippen molar-refractivity contribution >= 4 is 21.9 Å². The molecule has 0 aliphatic carbocycles. The van der Waals surface area contributed by atoms with Gasteiger partial charge in [0.15, 0.2) is 0 Å². The quantitative estimate of drug-likeness (QED) is 0.485. The molecule has 2 aromatic heterocycles. The molecule has 150 valence electrons. The minimum absolute atomic E-state index is 0.0498. The molecule has 0 spiro atoms. The summed E-state index contributed by atoms with van der Waals surface area (Å²) >= 11 is 0. The van der Waals surface area contributed by atoms with E-state index < -0.39 is 0 Å². The minimum Gasteiger partial charge on any atom is -0.326 e. The van der Waals surface area contributed by atoms with Crippen molar-refractivity contribution in [3.05, 3.63) is 75.8 Å². The smallest absolute Gasteiger partial charge is 0.251 e. The Kier molecular flexibility index (Phi) is 5.45. The maximum absolute atomic E-state index is 12.8. The number of alkyl halides is 1. The third-order valence-electron chi connectivity index (χ3n) is 5.42. The van der Waals surface area contributed by atoms with Crippen LogP contribution in [0.3, 0.4) is 0 Å². The Labute approximate surface area is 168 Å². The number of pyridine rings is 1. The molecule has 0 unspecified atom stereocenters. The number of hydrogen-bond donors (Lipinski definition) is 1. The second-order valence-corrected chi connectivity index (χ2v) is 7.37. The Bertz CT molecular complexity index is 1220. The summed E-state index contributed by atoms with van der Waals surface area (Å²) in [6, 6.07) is 15.6. The molecule has 5 nitrogen and oxygen atoms in total. The van der Waals surface area contributed by atoms with E-state index in [9.17, 15) is 9.18 Å². The lowest BCUT2D eigenvalue weighted by Crippen LogP contribution is -2.23. The number of nitrogens with two attached hydrogens (primary N) is 1. The summed E-state index contributed by atoms with van der Waals surface area (Å²) in [5.41, 5.74) is 10.4. The van der Waals surface area contributed by atoms with Crippen molar-refractivity contribution in [1.29, 1.82) is 0 Å². The number of unbranched alkanes of at least 4 members (excludes halogenated alkanes) is 1. The topological polar surface area (TPSA) is 65.8 Å². The first kappa shape index (κ1) is 19.3. The molecule has 29 heavy (non-hydrogen) atoms. The molecular formula is C23H25FN4O. The van der Waals surface area contributed by atoms with Crippen LogP contribution >= 0.6 is 0 Å². The molecule has 4 aromatic rings. The van der Waals surface area contributed by atoms with E-state index in [4.69, 9.17) is 10.7 Å². The van der Waals surface area contributed by atoms with Gasteiger partial charge in [-0.1, -0.05) is 24.3 Å². The second kappa shape index (κ2) is 8.17. The zero-order valence-corrected chi connectivity index (χ0v) is 16.6. The molecule has 6 heteroatoms. The first-order valence-corrected chi connectivity index (χ1v) is 9.95. The predicted octanol–water partition coefficient (Wildman–Crippen LogP) is 3.92. The highest BCUT2D eigenvalue weighted by molar-refractivity contribution is 5.82. The first-order valence-electron chi connectivity index (χ1n) is 9.95. The number of hydrogen-bond acceptors (Lipinski definition) is 3. The molecule has 0 saturated carbocycles. The third kappa shape index (κ3) is 3.68. The monoisotopic (exact) mass is 392 g/mol. The maximum atomic E-state index is 12.8. The van der Waals surface area contributed by atoms with E-state index in [2.05, 4.69) is 4.57 Å². The fourth-order valence-electron chi connectivity index (χ4n) is 3.89. The fraction of sp³-hybridized carbons (Fsp3) is 0.304. The number of aryl methyl sites for hydroxylation is 2. The molecule has 0 amide bonds. The van der Waals surface area contributed by atoms with Crippen molar-refractivity contribution in [2.75, 3.05) is 6.67 Å². The van der Waals surface area contributed by atoms with Crippen LogP contribution in [-0.4, -0.2) is 20.8 Å². The lowest BCUT2D eigenvalue weighted by atomic mass is 10.1. The highest BCUT2D eigenvalue weighted by atomic mass is 19.1. The summed E-state index contributed by atoms with van der Waals surface area (Å²) in [6.07, 6.45) is 1.23. The molecule has 0 aliphatic rings. The molecule has 2 aromatic carbocycles. The van der Waals surface area contributed by atoms with Crippen molar-refractivity contribution in [2.45, 2.75) is 39.4 Å². The molecule has 0 fully saturated rings. The summed E-state index contributed by atoms with van der Waals surface area (Å²) < 4.78 is 16.5. The van der Waals surface area contributed by atoms with Gasteiger partial charge in [-0.05, 0) is 49.1 Å². The molecular weight excluding hydrogens is 367 g/mol. The van der Waals surface area contributed by atoms with Gasteiger partial charge in [0, 0.05) is 24.5 Å². The Morgan fingerprint density at radius 3 is 2.66 bits per heavy atom. The van der Waals surface area contributed by atoms with Crippen molar-refractivity contribution in [3.8, 4) is 0 Å². The van der Waals surface area contributed by atoms with Gasteiger partial charge in [-0.25, -0.2) is 4.98 Å². The van der Waals surface area contributed by atoms with E-state index in [1.165, 1.54) is 0 Å². The number of nitrogens with zero attached hydrogens (tertiary/aromatic N) is 3. The van der Waals surface area contributed by atoms with Crippen molar-refractivity contribution < 1.29 is 4.39 Å². The van der Waals surface area contributed by atoms with E-state index in [-0.39, 0.29) is 12.2 Å². The SMILES string of the molecule is Cc1cc(=O)n(Cc2nc3cc(CN)ccc3n2CCCCF)c2ccccc12. The number of benzene rings is 2. The Hall–Kier alpha value is -2.99. The van der Waals surface area contributed by atoms with Gasteiger partial charge in [-0.15, -0.1) is 0 Å². The average molecular weight is 392 g/mol. The van der Waals surface area contributed by atoms with Crippen LogP contribution in [0.2, 0.25) is 0 Å². The highest BCUT2D eigenvalue weighted by Gasteiger charge is 2.14. The van der Waals surface area contributed by atoms with E-state index in [1.54, 1.807) is 10.6 Å². The van der Waals surface area contributed by atoms with Crippen LogP contribution in [0, 0.1) is 6.92 Å². The number of aromatic nitrogens is 3. The molecule has 2 heterocycles. The van der Waals surface area contributed by atoms with Crippen LogP contribution in [-0.2, 0) is 19.6 Å². The van der Waals surface area contributed by atoms with Gasteiger partial charge in [0.25, 0.3) is 5.56 Å². The number of para-hydroxylation sites is 1. The van der Waals surface area contributed by atoms with Gasteiger partial charge in [0.05, 0.1) is 29.8 Å². The largest absolute Gasteiger partial charge is 0.326 e. The highest BCUT2D eigenvalue weighted by Crippen LogP contribution is 2.22. The Morgan fingerprint density at radius 1 is 1.03 bits per heavy atom. The summed E-state index contributed by atoms with van der Waals surface area (Å²) in [6.45, 7) is 3.09. The van der Waals surface area contributed by atoms with E-state index >= 15 is 0 Å². The third-order valence-corrected chi connectivity index (χ3v) is 5.42. The molecule has 0 bridgehead atoms. The van der Waals surface area contributed by atoms with Gasteiger partial charge in [-0.3, -0.25) is 9.18 Å². The summed E-state index contributed by atoms with van der Waals surface area (Å²) in [7, 11) is 0. The molecule has 4 rings (SSSR count). The molecule has 2 N–H and O–H groups in total. The summed E-state index contributed by atoms with van der Waals surface area (Å²) in [5, 5.41) is 1.05. The van der Waals surface area contributed by atoms with Gasteiger partial charge < -0.3 is 14.9 Å². The number of fused-ring (bicyclic) bond motifs is 2. The Morgan fingerprint density at radius 2 is 1.86 bits per heavy atom. The zero-order chi connectivity index (χ0) is 20.4. The van der Waals surface area contributed by atoms with Gasteiger partial charge in [0.2, 0.25) is 0 Å². The van der Waals surface area contributed by atoms with Crippen LogP contribution < -0.4 is 11.3 Å². The van der Waals surface area contributed by atoms with Gasteiger partial charge >= 0.3 is 0 Å². The predicted molar refractivity (Wildman–Crippen MR) is 115 cm³/mol. The second-order valence-electron chi connectivity index (χ2n) is 7.37. The summed E-state index contributed by atoms with van der Waals surface area (Å²) in [5.74, 6) is 0.795. The van der Waals surface area contributed by atoms with E-state index in [1.807, 2.05) is 49.4 Å². The van der Waals surface area contributed by atoms with E-state index in [0.29, 0.717) is 26.1 Å². The van der Waals surface area contributed by atoms with Crippen molar-refractivity contribution in [1.82, 2.24) is 14.1 Å².